The van der Waals surface area contributed by atoms with E-state index in [4.69, 9.17) is 15.2 Å². The van der Waals surface area contributed by atoms with Crippen molar-refractivity contribution < 1.29 is 43.3 Å². The van der Waals surface area contributed by atoms with E-state index in [1.807, 2.05) is 56.3 Å². The van der Waals surface area contributed by atoms with Crippen LogP contribution in [0.15, 0.2) is 42.5 Å². The summed E-state index contributed by atoms with van der Waals surface area (Å²) in [5, 5.41) is 18.6. The van der Waals surface area contributed by atoms with E-state index in [1.165, 1.54) is 23.8 Å². The summed E-state index contributed by atoms with van der Waals surface area (Å²) >= 11 is 0. The highest BCUT2D eigenvalue weighted by atomic mass is 16.6. The molecule has 0 spiro atoms. The molecule has 14 heteroatoms. The number of carbonyl (C=O) groups excluding carboxylic acids is 6. The van der Waals surface area contributed by atoms with Crippen molar-refractivity contribution >= 4 is 46.3 Å². The van der Waals surface area contributed by atoms with Crippen molar-refractivity contribution in [3.05, 3.63) is 48.0 Å². The molecule has 0 bridgehead atoms. The number of hydrogen-bond acceptors (Lipinski definition) is 10. The number of carbonyl (C=O) groups is 6. The maximum atomic E-state index is 14.4. The van der Waals surface area contributed by atoms with E-state index < -0.39 is 96.4 Å². The van der Waals surface area contributed by atoms with Gasteiger partial charge in [-0.1, -0.05) is 84.0 Å². The Hall–Kier alpha value is -4.56. The molecular formula is C41H59N5O9. The minimum atomic E-state index is -1.42. The predicted octanol–water partition coefficient (Wildman–Crippen LogP) is 2.46. The maximum Gasteiger partial charge on any atom is 0.329 e. The van der Waals surface area contributed by atoms with Crippen LogP contribution in [0.5, 0.6) is 0 Å². The number of cyclic esters (lactones) is 2. The number of rotatable bonds is 6. The molecule has 2 aromatic rings. The van der Waals surface area contributed by atoms with Gasteiger partial charge in [0.05, 0.1) is 18.6 Å². The highest BCUT2D eigenvalue weighted by Crippen LogP contribution is 2.25. The largest absolute Gasteiger partial charge is 0.459 e. The summed E-state index contributed by atoms with van der Waals surface area (Å²) in [7, 11) is 1.49. The van der Waals surface area contributed by atoms with Crippen molar-refractivity contribution in [2.75, 3.05) is 13.6 Å². The Kier molecular flexibility index (Phi) is 14.8. The Morgan fingerprint density at radius 3 is 2.18 bits per heavy atom. The molecule has 2 aliphatic rings. The third-order valence-corrected chi connectivity index (χ3v) is 10.5. The third-order valence-electron chi connectivity index (χ3n) is 10.5. The average Bonchev–Trinajstić information content (AvgIpc) is 3.62. The number of aliphatic hydroxyl groups is 1. The van der Waals surface area contributed by atoms with Crippen molar-refractivity contribution in [3.8, 4) is 0 Å². The van der Waals surface area contributed by atoms with Gasteiger partial charge in [0, 0.05) is 20.0 Å². The number of aliphatic hydroxyl groups excluding tert-OH is 1. The van der Waals surface area contributed by atoms with Gasteiger partial charge in [-0.3, -0.25) is 24.0 Å². The van der Waals surface area contributed by atoms with Crippen molar-refractivity contribution in [1.82, 2.24) is 20.4 Å². The summed E-state index contributed by atoms with van der Waals surface area (Å²) in [4.78, 5) is 85.9. The molecule has 0 aliphatic carbocycles. The number of benzene rings is 2. The molecule has 2 aliphatic heterocycles. The molecule has 0 radical (unpaired) electrons. The molecule has 5 N–H and O–H groups in total. The van der Waals surface area contributed by atoms with Crippen molar-refractivity contribution in [2.45, 2.75) is 129 Å². The van der Waals surface area contributed by atoms with E-state index in [-0.39, 0.29) is 31.2 Å². The molecule has 0 saturated carbocycles. The van der Waals surface area contributed by atoms with Crippen molar-refractivity contribution in [2.24, 2.45) is 23.5 Å². The molecule has 302 valence electrons. The normalized spacial score (nSPS) is 28.5. The lowest BCUT2D eigenvalue weighted by Crippen LogP contribution is -2.58. The fourth-order valence-corrected chi connectivity index (χ4v) is 7.29. The zero-order valence-electron chi connectivity index (χ0n) is 33.3. The minimum absolute atomic E-state index is 0.0315. The van der Waals surface area contributed by atoms with E-state index in [0.717, 1.165) is 16.3 Å². The van der Waals surface area contributed by atoms with Gasteiger partial charge in [-0.2, -0.15) is 0 Å². The number of hydrogen-bond donors (Lipinski definition) is 4. The van der Waals surface area contributed by atoms with Gasteiger partial charge in [0.1, 0.15) is 30.3 Å². The number of amides is 4. The summed E-state index contributed by atoms with van der Waals surface area (Å²) in [6, 6.07) is 8.02. The van der Waals surface area contributed by atoms with E-state index in [2.05, 4.69) is 10.6 Å². The number of ether oxygens (including phenoxy) is 2. The summed E-state index contributed by atoms with van der Waals surface area (Å²) in [5.74, 6) is -4.93. The first kappa shape index (κ1) is 43.2. The molecule has 2 fully saturated rings. The highest BCUT2D eigenvalue weighted by Gasteiger charge is 2.43. The molecule has 2 saturated heterocycles. The summed E-state index contributed by atoms with van der Waals surface area (Å²) in [6.07, 6.45) is -3.25. The molecule has 14 nitrogen and oxygen atoms in total. The van der Waals surface area contributed by atoms with Gasteiger partial charge >= 0.3 is 11.9 Å². The van der Waals surface area contributed by atoms with Gasteiger partial charge in [0.25, 0.3) is 5.91 Å². The van der Waals surface area contributed by atoms with Gasteiger partial charge in [-0.05, 0) is 60.3 Å². The lowest BCUT2D eigenvalue weighted by atomic mass is 9.95. The second kappa shape index (κ2) is 18.9. The minimum Gasteiger partial charge on any atom is -0.459 e. The SMILES string of the molecule is CC(C)C[C@@H]1NC(=O)[C@H](C(C)C)OC(=O)C[C@H](O)[C@@H](C(C)C)NC(=O)[C@@H](N)[C@@H](C)OC(=O)[C@H](Cc2ccc3ccccc3c2)N(C)C(=O)[C@@H]2CCCN2C1=O. The van der Waals surface area contributed by atoms with Crippen LogP contribution in [0, 0.1) is 17.8 Å². The molecule has 0 aromatic heterocycles. The van der Waals surface area contributed by atoms with E-state index in [9.17, 15) is 33.9 Å². The fraction of sp³-hybridized carbons (Fsp3) is 0.610. The molecule has 8 atom stereocenters. The predicted molar refractivity (Wildman–Crippen MR) is 206 cm³/mol. The average molecular weight is 766 g/mol. The van der Waals surface area contributed by atoms with Crippen LogP contribution < -0.4 is 16.4 Å². The Labute approximate surface area is 323 Å². The van der Waals surface area contributed by atoms with Gasteiger partial charge in [0.15, 0.2) is 6.10 Å². The highest BCUT2D eigenvalue weighted by molar-refractivity contribution is 5.95. The Balaban J connectivity index is 1.76. The standard InChI is InChI=1S/C41H59N5O9/c1-22(2)18-29-39(51)46-17-11-14-30(46)40(52)45(8)31(20-26-15-16-27-12-9-10-13-28(27)19-26)41(53)54-25(7)34(42)37(49)44-35(23(3)4)32(47)21-33(48)55-36(24(5)6)38(50)43-29/h9-10,12-13,15-16,19,22-25,29-32,34-36,47H,11,14,17-18,20-21,42H2,1-8H3,(H,43,50)(H,44,49)/t25-,29+,30+,31+,32+,34+,35-,36+/m1/s1. The lowest BCUT2D eigenvalue weighted by molar-refractivity contribution is -0.161. The van der Waals surface area contributed by atoms with Crippen LogP contribution in [-0.4, -0.2) is 113 Å². The first-order valence-corrected chi connectivity index (χ1v) is 19.4. The first-order valence-electron chi connectivity index (χ1n) is 19.4. The molecule has 4 rings (SSSR count). The Morgan fingerprint density at radius 2 is 1.55 bits per heavy atom. The number of fused-ring (bicyclic) bond motifs is 2. The summed E-state index contributed by atoms with van der Waals surface area (Å²) < 4.78 is 11.4. The lowest BCUT2D eigenvalue weighted by Gasteiger charge is -2.35. The van der Waals surface area contributed by atoms with Crippen LogP contribution in [0.1, 0.15) is 79.7 Å². The van der Waals surface area contributed by atoms with E-state index in [1.54, 1.807) is 27.7 Å². The van der Waals surface area contributed by atoms with Crippen LogP contribution in [-0.2, 0) is 44.7 Å². The topological polar surface area (TPSA) is 198 Å². The zero-order chi connectivity index (χ0) is 40.7. The van der Waals surface area contributed by atoms with Crippen LogP contribution in [0.2, 0.25) is 0 Å². The van der Waals surface area contributed by atoms with Crippen LogP contribution in [0.25, 0.3) is 10.8 Å². The van der Waals surface area contributed by atoms with E-state index >= 15 is 0 Å². The fourth-order valence-electron chi connectivity index (χ4n) is 7.29. The second-order valence-corrected chi connectivity index (χ2v) is 16.1. The van der Waals surface area contributed by atoms with Gasteiger partial charge in [-0.25, -0.2) is 4.79 Å². The number of nitrogens with zero attached hydrogens (tertiary/aromatic N) is 2. The van der Waals surface area contributed by atoms with Crippen LogP contribution in [0.4, 0.5) is 0 Å². The Bertz CT molecular complexity index is 1710. The van der Waals surface area contributed by atoms with Gasteiger partial charge in [-0.15, -0.1) is 0 Å². The van der Waals surface area contributed by atoms with Gasteiger partial charge < -0.3 is 40.7 Å². The molecule has 2 heterocycles. The molecule has 2 aromatic carbocycles. The smallest absolute Gasteiger partial charge is 0.329 e. The first-order chi connectivity index (χ1) is 25.9. The quantitative estimate of drug-likeness (QED) is 0.317. The van der Waals surface area contributed by atoms with Crippen molar-refractivity contribution in [1.29, 1.82) is 0 Å². The Morgan fingerprint density at radius 1 is 0.873 bits per heavy atom. The maximum absolute atomic E-state index is 14.4. The van der Waals surface area contributed by atoms with Gasteiger partial charge in [0.2, 0.25) is 17.7 Å². The monoisotopic (exact) mass is 765 g/mol. The van der Waals surface area contributed by atoms with Crippen LogP contribution in [0.3, 0.4) is 0 Å². The number of nitrogens with two attached hydrogens (primary N) is 1. The molecule has 4 amide bonds. The number of esters is 2. The molecular weight excluding hydrogens is 706 g/mol. The summed E-state index contributed by atoms with van der Waals surface area (Å²) in [6.45, 7) is 12.4. The molecule has 55 heavy (non-hydrogen) atoms. The van der Waals surface area contributed by atoms with Crippen LogP contribution >= 0.6 is 0 Å². The third kappa shape index (κ3) is 10.8. The summed E-state index contributed by atoms with van der Waals surface area (Å²) in [5.41, 5.74) is 7.07. The molecule has 0 unspecified atom stereocenters. The second-order valence-electron chi connectivity index (χ2n) is 16.1. The zero-order valence-corrected chi connectivity index (χ0v) is 33.3. The van der Waals surface area contributed by atoms with Crippen molar-refractivity contribution in [3.63, 3.8) is 0 Å². The van der Waals surface area contributed by atoms with E-state index in [0.29, 0.717) is 12.8 Å². The number of nitrogens with one attached hydrogen (secondary N) is 2. The number of likely N-dealkylation sites (N-methyl/N-ethyl adjacent to an activating group) is 1.